The van der Waals surface area contributed by atoms with Crippen LogP contribution in [0.4, 0.5) is 11.4 Å². The maximum absolute atomic E-state index is 6.01. The van der Waals surface area contributed by atoms with E-state index in [9.17, 15) is 0 Å². The second-order valence-electron chi connectivity index (χ2n) is 4.99. The molecule has 0 aromatic heterocycles. The van der Waals surface area contributed by atoms with E-state index in [2.05, 4.69) is 51.9 Å². The molecule has 1 aromatic carbocycles. The number of hydrogen-bond donors (Lipinski definition) is 2. The van der Waals surface area contributed by atoms with Crippen molar-refractivity contribution in [1.82, 2.24) is 4.90 Å². The summed E-state index contributed by atoms with van der Waals surface area (Å²) in [5.74, 6) is 0.784. The highest BCUT2D eigenvalue weighted by Crippen LogP contribution is 2.23. The Morgan fingerprint density at radius 2 is 2.11 bits per heavy atom. The van der Waals surface area contributed by atoms with Crippen LogP contribution in [0.25, 0.3) is 0 Å². The van der Waals surface area contributed by atoms with Crippen molar-refractivity contribution < 1.29 is 0 Å². The Bertz CT molecular complexity index is 387. The van der Waals surface area contributed by atoms with Crippen molar-refractivity contribution in [1.29, 1.82) is 0 Å². The number of rotatable bonds is 4. The first-order chi connectivity index (χ1) is 8.69. The van der Waals surface area contributed by atoms with Crippen molar-refractivity contribution in [3.05, 3.63) is 21.8 Å². The van der Waals surface area contributed by atoms with Crippen molar-refractivity contribution in [3.63, 3.8) is 0 Å². The van der Waals surface area contributed by atoms with Gasteiger partial charge >= 0.3 is 0 Å². The first-order valence-corrected chi connectivity index (χ1v) is 7.78. The van der Waals surface area contributed by atoms with Crippen LogP contribution in [0.15, 0.2) is 18.2 Å². The zero-order valence-electron chi connectivity index (χ0n) is 11.0. The maximum Gasteiger partial charge on any atom is 0.0574 e. The quantitative estimate of drug-likeness (QED) is 0.642. The monoisotopic (exact) mass is 359 g/mol. The molecule has 1 aromatic rings. The third kappa shape index (κ3) is 3.75. The average molecular weight is 359 g/mol. The van der Waals surface area contributed by atoms with E-state index in [1.54, 1.807) is 0 Å². The number of nitrogens with zero attached hydrogens (tertiary/aromatic N) is 1. The lowest BCUT2D eigenvalue weighted by Gasteiger charge is -2.31. The molecule has 0 unspecified atom stereocenters. The number of halogens is 1. The number of benzene rings is 1. The predicted molar refractivity (Wildman–Crippen MR) is 86.9 cm³/mol. The number of nitrogens with one attached hydrogen (secondary N) is 1. The molecule has 0 aliphatic carbocycles. The van der Waals surface area contributed by atoms with Crippen molar-refractivity contribution in [2.75, 3.05) is 37.2 Å². The third-order valence-electron chi connectivity index (χ3n) is 3.75. The van der Waals surface area contributed by atoms with Gasteiger partial charge in [-0.05, 0) is 79.2 Å². The van der Waals surface area contributed by atoms with Crippen LogP contribution in [0.5, 0.6) is 0 Å². The molecule has 3 nitrogen and oxygen atoms in total. The largest absolute Gasteiger partial charge is 0.397 e. The molecule has 0 spiro atoms. The van der Waals surface area contributed by atoms with Gasteiger partial charge in [0.1, 0.15) is 0 Å². The van der Waals surface area contributed by atoms with Crippen LogP contribution in [0.2, 0.25) is 0 Å². The Labute approximate surface area is 123 Å². The van der Waals surface area contributed by atoms with Gasteiger partial charge in [0.2, 0.25) is 0 Å². The fourth-order valence-electron chi connectivity index (χ4n) is 2.46. The highest BCUT2D eigenvalue weighted by atomic mass is 127. The smallest absolute Gasteiger partial charge is 0.0574 e. The Morgan fingerprint density at radius 1 is 1.39 bits per heavy atom. The average Bonchev–Trinajstić information content (AvgIpc) is 2.38. The molecule has 1 saturated heterocycles. The first-order valence-electron chi connectivity index (χ1n) is 6.70. The van der Waals surface area contributed by atoms with Gasteiger partial charge < -0.3 is 16.0 Å². The molecule has 18 heavy (non-hydrogen) atoms. The number of piperidine rings is 1. The number of anilines is 2. The molecule has 1 heterocycles. The lowest BCUT2D eigenvalue weighted by atomic mass is 9.97. The summed E-state index contributed by atoms with van der Waals surface area (Å²) in [7, 11) is 0. The van der Waals surface area contributed by atoms with Crippen LogP contribution in [0, 0.1) is 9.49 Å². The minimum absolute atomic E-state index is 0.784. The molecular weight excluding hydrogens is 337 g/mol. The summed E-state index contributed by atoms with van der Waals surface area (Å²) in [6.07, 6.45) is 2.59. The van der Waals surface area contributed by atoms with Gasteiger partial charge in [-0.3, -0.25) is 0 Å². The number of hydrogen-bond acceptors (Lipinski definition) is 3. The summed E-state index contributed by atoms with van der Waals surface area (Å²) < 4.78 is 1.19. The second-order valence-corrected chi connectivity index (χ2v) is 6.24. The van der Waals surface area contributed by atoms with Crippen molar-refractivity contribution in [2.24, 2.45) is 5.92 Å². The van der Waals surface area contributed by atoms with Crippen LogP contribution >= 0.6 is 22.6 Å². The van der Waals surface area contributed by atoms with Gasteiger partial charge in [0.15, 0.2) is 0 Å². The summed E-state index contributed by atoms with van der Waals surface area (Å²) in [4.78, 5) is 2.52. The van der Waals surface area contributed by atoms with E-state index in [1.807, 2.05) is 6.07 Å². The molecule has 0 bridgehead atoms. The summed E-state index contributed by atoms with van der Waals surface area (Å²) in [6.45, 7) is 6.95. The van der Waals surface area contributed by atoms with E-state index < -0.39 is 0 Å². The van der Waals surface area contributed by atoms with Gasteiger partial charge in [0, 0.05) is 10.1 Å². The maximum atomic E-state index is 6.01. The summed E-state index contributed by atoms with van der Waals surface area (Å²) in [5, 5.41) is 3.50. The van der Waals surface area contributed by atoms with E-state index in [4.69, 9.17) is 5.73 Å². The Hall–Kier alpha value is -0.490. The van der Waals surface area contributed by atoms with Gasteiger partial charge in [-0.15, -0.1) is 0 Å². The van der Waals surface area contributed by atoms with E-state index in [0.29, 0.717) is 0 Å². The van der Waals surface area contributed by atoms with E-state index in [-0.39, 0.29) is 0 Å². The van der Waals surface area contributed by atoms with Crippen LogP contribution in [-0.4, -0.2) is 31.1 Å². The minimum Gasteiger partial charge on any atom is -0.397 e. The highest BCUT2D eigenvalue weighted by molar-refractivity contribution is 14.1. The molecule has 0 saturated carbocycles. The van der Waals surface area contributed by atoms with Crippen LogP contribution in [0.3, 0.4) is 0 Å². The summed E-state index contributed by atoms with van der Waals surface area (Å²) in [6, 6.07) is 6.19. The van der Waals surface area contributed by atoms with Crippen molar-refractivity contribution in [3.8, 4) is 0 Å². The van der Waals surface area contributed by atoms with Crippen LogP contribution < -0.4 is 11.1 Å². The molecule has 1 fully saturated rings. The van der Waals surface area contributed by atoms with Gasteiger partial charge in [-0.25, -0.2) is 0 Å². The zero-order chi connectivity index (χ0) is 13.0. The summed E-state index contributed by atoms with van der Waals surface area (Å²) in [5.41, 5.74) is 7.94. The van der Waals surface area contributed by atoms with Gasteiger partial charge in [0.25, 0.3) is 0 Å². The predicted octanol–water partition coefficient (Wildman–Crippen LogP) is 3.02. The number of nitrogen functional groups attached to an aromatic ring is 1. The standard InChI is InChI=1S/C14H22IN3/c1-2-18-7-5-11(6-8-18)10-17-14-4-3-12(15)9-13(14)16/h3-4,9,11,17H,2,5-8,10,16H2,1H3. The van der Waals surface area contributed by atoms with E-state index >= 15 is 0 Å². The molecule has 3 N–H and O–H groups in total. The lowest BCUT2D eigenvalue weighted by molar-refractivity contribution is 0.198. The van der Waals surface area contributed by atoms with Gasteiger partial charge in [-0.2, -0.15) is 0 Å². The third-order valence-corrected chi connectivity index (χ3v) is 4.42. The van der Waals surface area contributed by atoms with Gasteiger partial charge in [-0.1, -0.05) is 6.92 Å². The molecule has 4 heteroatoms. The van der Waals surface area contributed by atoms with Crippen molar-refractivity contribution in [2.45, 2.75) is 19.8 Å². The van der Waals surface area contributed by atoms with Gasteiger partial charge in [0.05, 0.1) is 11.4 Å². The topological polar surface area (TPSA) is 41.3 Å². The van der Waals surface area contributed by atoms with Crippen LogP contribution in [0.1, 0.15) is 19.8 Å². The lowest BCUT2D eigenvalue weighted by Crippen LogP contribution is -2.35. The molecule has 0 amide bonds. The summed E-state index contributed by atoms with van der Waals surface area (Å²) >= 11 is 2.29. The number of likely N-dealkylation sites (tertiary alicyclic amines) is 1. The van der Waals surface area contributed by atoms with Crippen LogP contribution in [-0.2, 0) is 0 Å². The fourth-order valence-corrected chi connectivity index (χ4v) is 2.97. The molecule has 0 atom stereocenters. The zero-order valence-corrected chi connectivity index (χ0v) is 13.1. The van der Waals surface area contributed by atoms with E-state index in [0.717, 1.165) is 23.8 Å². The molecule has 1 aliphatic heterocycles. The first kappa shape index (κ1) is 13.9. The number of nitrogens with two attached hydrogens (primary N) is 1. The normalized spacial score (nSPS) is 17.9. The molecular formula is C14H22IN3. The SMILES string of the molecule is CCN1CCC(CNc2ccc(I)cc2N)CC1. The van der Waals surface area contributed by atoms with E-state index in [1.165, 1.54) is 36.0 Å². The molecule has 100 valence electrons. The second kappa shape index (κ2) is 6.61. The fraction of sp³-hybridized carbons (Fsp3) is 0.571. The minimum atomic E-state index is 0.784. The Morgan fingerprint density at radius 3 is 2.72 bits per heavy atom. The Kier molecular flexibility index (Phi) is 5.12. The Balaban J connectivity index is 1.81. The van der Waals surface area contributed by atoms with Crippen molar-refractivity contribution >= 4 is 34.0 Å². The molecule has 1 aliphatic rings. The highest BCUT2D eigenvalue weighted by Gasteiger charge is 2.17. The molecule has 0 radical (unpaired) electrons. The molecule has 2 rings (SSSR count).